The third-order valence-electron chi connectivity index (χ3n) is 1.48. The Kier molecular flexibility index (Phi) is 10.2. The molecule has 4 N–H and O–H groups in total. The van der Waals surface area contributed by atoms with Crippen LogP contribution in [0, 0.1) is 0 Å². The fourth-order valence-electron chi connectivity index (χ4n) is 0.937. The Hall–Kier alpha value is -0.110. The molecule has 0 fully saturated rings. The van der Waals surface area contributed by atoms with E-state index in [2.05, 4.69) is 0 Å². The molecule has 0 bridgehead atoms. The number of rotatable bonds is 4. The minimum Gasteiger partial charge on any atom is -0.479 e. The van der Waals surface area contributed by atoms with Crippen molar-refractivity contribution in [3.05, 3.63) is 0 Å². The normalized spacial score (nSPS) is 16.4. The molecule has 0 saturated heterocycles. The van der Waals surface area contributed by atoms with Crippen molar-refractivity contribution in [3.63, 3.8) is 0 Å². The van der Waals surface area contributed by atoms with E-state index in [1.165, 1.54) is 25.7 Å². The maximum atomic E-state index is 9.44. The van der Waals surface area contributed by atoms with Gasteiger partial charge in [-0.25, -0.2) is 9.69 Å². The predicted octanol–water partition coefficient (Wildman–Crippen LogP) is 0.178. The SMILES string of the molecule is CC(O)N(C(C)O)C(C)O.O=C(O)C(Cl)Cl. The summed E-state index contributed by atoms with van der Waals surface area (Å²) in [6.45, 7) is 4.46. The second-order valence-electron chi connectivity index (χ2n) is 2.98. The van der Waals surface area contributed by atoms with E-state index in [1.54, 1.807) is 0 Å². The Balaban J connectivity index is 0. The first-order chi connectivity index (χ1) is 7.11. The molecule has 0 heterocycles. The maximum absolute atomic E-state index is 9.44. The Morgan fingerprint density at radius 3 is 1.19 bits per heavy atom. The minimum atomic E-state index is -1.29. The van der Waals surface area contributed by atoms with E-state index >= 15 is 0 Å². The first-order valence-electron chi connectivity index (χ1n) is 4.43. The third-order valence-corrected chi connectivity index (χ3v) is 1.85. The Labute approximate surface area is 104 Å². The van der Waals surface area contributed by atoms with Crippen molar-refractivity contribution in [2.75, 3.05) is 0 Å². The molecule has 0 aromatic carbocycles. The summed E-state index contributed by atoms with van der Waals surface area (Å²) in [4.78, 5) is 9.31. The van der Waals surface area contributed by atoms with E-state index in [-0.39, 0.29) is 0 Å². The van der Waals surface area contributed by atoms with Crippen molar-refractivity contribution in [3.8, 4) is 0 Å². The molecular formula is C8H17Cl2NO5. The Morgan fingerprint density at radius 2 is 1.19 bits per heavy atom. The fourth-order valence-corrected chi connectivity index (χ4v) is 0.937. The molecule has 98 valence electrons. The molecule has 0 amide bonds. The minimum absolute atomic E-state index is 0.833. The largest absolute Gasteiger partial charge is 0.479 e. The molecule has 0 aliphatic carbocycles. The van der Waals surface area contributed by atoms with E-state index in [1.807, 2.05) is 0 Å². The van der Waals surface area contributed by atoms with Gasteiger partial charge in [0.15, 0.2) is 0 Å². The second kappa shape index (κ2) is 8.98. The van der Waals surface area contributed by atoms with Gasteiger partial charge < -0.3 is 20.4 Å². The molecule has 0 aromatic rings. The third kappa shape index (κ3) is 9.14. The van der Waals surface area contributed by atoms with Gasteiger partial charge in [-0.3, -0.25) is 0 Å². The summed E-state index contributed by atoms with van der Waals surface area (Å²) in [5.41, 5.74) is 0. The lowest BCUT2D eigenvalue weighted by Crippen LogP contribution is -2.45. The van der Waals surface area contributed by atoms with Crippen LogP contribution >= 0.6 is 23.2 Å². The number of aliphatic carboxylic acids is 1. The molecule has 0 rings (SSSR count). The zero-order chi connectivity index (χ0) is 13.5. The van der Waals surface area contributed by atoms with Crippen molar-refractivity contribution in [1.82, 2.24) is 4.90 Å². The number of alkyl halides is 2. The van der Waals surface area contributed by atoms with Crippen LogP contribution in [0.3, 0.4) is 0 Å². The van der Waals surface area contributed by atoms with Crippen LogP contribution < -0.4 is 0 Å². The van der Waals surface area contributed by atoms with Crippen LogP contribution in [0.15, 0.2) is 0 Å². The molecule has 3 atom stereocenters. The molecule has 6 nitrogen and oxygen atoms in total. The van der Waals surface area contributed by atoms with Crippen LogP contribution in [0.5, 0.6) is 0 Å². The highest BCUT2D eigenvalue weighted by atomic mass is 35.5. The van der Waals surface area contributed by atoms with Crippen molar-refractivity contribution in [2.24, 2.45) is 0 Å². The van der Waals surface area contributed by atoms with Gasteiger partial charge in [-0.15, -0.1) is 0 Å². The van der Waals surface area contributed by atoms with Crippen molar-refractivity contribution in [2.45, 2.75) is 44.3 Å². The van der Waals surface area contributed by atoms with Crippen molar-refractivity contribution < 1.29 is 25.2 Å². The lowest BCUT2D eigenvalue weighted by molar-refractivity contribution is -0.159. The van der Waals surface area contributed by atoms with Gasteiger partial charge in [-0.05, 0) is 20.8 Å². The number of carbonyl (C=O) groups is 1. The molecule has 0 saturated carbocycles. The monoisotopic (exact) mass is 277 g/mol. The summed E-state index contributed by atoms with van der Waals surface area (Å²) in [6, 6.07) is 0. The van der Waals surface area contributed by atoms with Crippen LogP contribution in [0.25, 0.3) is 0 Å². The summed E-state index contributed by atoms with van der Waals surface area (Å²) in [5, 5.41) is 34.6. The van der Waals surface area contributed by atoms with Crippen molar-refractivity contribution in [1.29, 1.82) is 0 Å². The van der Waals surface area contributed by atoms with Gasteiger partial charge in [0.1, 0.15) is 18.7 Å². The van der Waals surface area contributed by atoms with E-state index in [9.17, 15) is 4.79 Å². The Bertz CT molecular complexity index is 180. The van der Waals surface area contributed by atoms with Gasteiger partial charge >= 0.3 is 5.97 Å². The summed E-state index contributed by atoms with van der Waals surface area (Å²) in [6.07, 6.45) is -2.50. The molecule has 0 aliphatic rings. The standard InChI is InChI=1S/C6H15NO3.C2H2Cl2O2/c1-4(8)7(5(2)9)6(3)10;3-1(4)2(5)6/h4-6,8-10H,1-3H3;1H,(H,5,6). The van der Waals surface area contributed by atoms with Gasteiger partial charge in [0.05, 0.1) is 0 Å². The molecular weight excluding hydrogens is 261 g/mol. The number of hydrogen-bond acceptors (Lipinski definition) is 5. The predicted molar refractivity (Wildman–Crippen MR) is 60.0 cm³/mol. The lowest BCUT2D eigenvalue weighted by atomic mass is 10.4. The number of hydrogen-bond donors (Lipinski definition) is 4. The number of halogens is 2. The number of carboxylic acid groups (broad SMARTS) is 1. The number of nitrogens with zero attached hydrogens (tertiary/aromatic N) is 1. The number of carboxylic acids is 1. The molecule has 0 radical (unpaired) electrons. The highest BCUT2D eigenvalue weighted by Gasteiger charge is 2.20. The van der Waals surface area contributed by atoms with E-state index in [4.69, 9.17) is 43.6 Å². The topological polar surface area (TPSA) is 101 Å². The lowest BCUT2D eigenvalue weighted by Gasteiger charge is -2.30. The van der Waals surface area contributed by atoms with Gasteiger partial charge in [0.25, 0.3) is 0 Å². The second-order valence-corrected chi connectivity index (χ2v) is 4.08. The fraction of sp³-hybridized carbons (Fsp3) is 0.875. The zero-order valence-electron chi connectivity index (χ0n) is 9.21. The van der Waals surface area contributed by atoms with Gasteiger partial charge in [0, 0.05) is 0 Å². The molecule has 0 aromatic heterocycles. The van der Waals surface area contributed by atoms with E-state index in [0.29, 0.717) is 0 Å². The number of aliphatic hydroxyl groups excluding tert-OH is 3. The highest BCUT2D eigenvalue weighted by Crippen LogP contribution is 2.04. The summed E-state index contributed by atoms with van der Waals surface area (Å²) in [5.74, 6) is -1.21. The highest BCUT2D eigenvalue weighted by molar-refractivity contribution is 6.52. The average Bonchev–Trinajstić information content (AvgIpc) is 2.01. The first kappa shape index (κ1) is 18.3. The van der Waals surface area contributed by atoms with Crippen LogP contribution in [0.2, 0.25) is 0 Å². The molecule has 16 heavy (non-hydrogen) atoms. The summed E-state index contributed by atoms with van der Waals surface area (Å²) in [7, 11) is 0. The van der Waals surface area contributed by atoms with Crippen molar-refractivity contribution >= 4 is 29.2 Å². The quantitative estimate of drug-likeness (QED) is 0.432. The summed E-state index contributed by atoms with van der Waals surface area (Å²) < 4.78 is 0. The van der Waals surface area contributed by atoms with Gasteiger partial charge in [-0.2, -0.15) is 0 Å². The summed E-state index contributed by atoms with van der Waals surface area (Å²) >= 11 is 9.56. The number of aliphatic hydroxyl groups is 3. The zero-order valence-corrected chi connectivity index (χ0v) is 10.7. The molecule has 8 heteroatoms. The van der Waals surface area contributed by atoms with E-state index in [0.717, 1.165) is 0 Å². The average molecular weight is 278 g/mol. The van der Waals surface area contributed by atoms with E-state index < -0.39 is 29.5 Å². The Morgan fingerprint density at radius 1 is 1.00 bits per heavy atom. The van der Waals surface area contributed by atoms with Crippen LogP contribution in [0.1, 0.15) is 20.8 Å². The van der Waals surface area contributed by atoms with Crippen LogP contribution in [0.4, 0.5) is 0 Å². The van der Waals surface area contributed by atoms with Crippen LogP contribution in [-0.2, 0) is 4.79 Å². The van der Waals surface area contributed by atoms with Gasteiger partial charge in [-0.1, -0.05) is 23.2 Å². The molecule has 0 spiro atoms. The van der Waals surface area contributed by atoms with Gasteiger partial charge in [0.2, 0.25) is 4.84 Å². The maximum Gasteiger partial charge on any atom is 0.337 e. The first-order valence-corrected chi connectivity index (χ1v) is 5.31. The van der Waals surface area contributed by atoms with Crippen LogP contribution in [-0.4, -0.2) is 54.8 Å². The molecule has 0 aliphatic heterocycles. The molecule has 3 unspecified atom stereocenters. The smallest absolute Gasteiger partial charge is 0.337 e.